The van der Waals surface area contributed by atoms with Gasteiger partial charge in [-0.1, -0.05) is 97.9 Å². The van der Waals surface area contributed by atoms with Crippen LogP contribution in [0.15, 0.2) is 109 Å². The molecule has 3 heteroatoms. The Kier molecular flexibility index (Phi) is 7.19. The molecule has 4 rings (SSSR count). The number of hydrogen-bond donors (Lipinski definition) is 0. The molecule has 0 aliphatic heterocycles. The summed E-state index contributed by atoms with van der Waals surface area (Å²) in [6.07, 6.45) is 3.02. The van der Waals surface area contributed by atoms with E-state index >= 15 is 0 Å². The van der Waals surface area contributed by atoms with Crippen molar-refractivity contribution in [1.29, 1.82) is 0 Å². The lowest BCUT2D eigenvalue weighted by atomic mass is 9.90. The lowest BCUT2D eigenvalue weighted by molar-refractivity contribution is -0.132. The number of amides is 1. The van der Waals surface area contributed by atoms with Crippen LogP contribution in [0.3, 0.4) is 0 Å². The fraction of sp³-hybridized carbons (Fsp3) is 0.207. The molecule has 0 bridgehead atoms. The van der Waals surface area contributed by atoms with E-state index in [4.69, 9.17) is 0 Å². The van der Waals surface area contributed by atoms with Gasteiger partial charge in [0.05, 0.1) is 12.5 Å². The highest BCUT2D eigenvalue weighted by atomic mass is 16.2. The number of aromatic nitrogens is 1. The minimum absolute atomic E-state index is 0.150. The quantitative estimate of drug-likeness (QED) is 0.320. The van der Waals surface area contributed by atoms with Gasteiger partial charge in [-0.25, -0.2) is 0 Å². The number of benzene rings is 3. The minimum Gasteiger partial charge on any atom is -0.345 e. The lowest BCUT2D eigenvalue weighted by Crippen LogP contribution is -2.36. The first kappa shape index (κ1) is 21.6. The van der Waals surface area contributed by atoms with Crippen LogP contribution < -0.4 is 0 Å². The van der Waals surface area contributed by atoms with E-state index in [0.29, 0.717) is 6.54 Å². The molecule has 0 radical (unpaired) electrons. The molecule has 0 atom stereocenters. The summed E-state index contributed by atoms with van der Waals surface area (Å²) >= 11 is 0. The predicted molar refractivity (Wildman–Crippen MR) is 130 cm³/mol. The maximum atomic E-state index is 13.9. The topological polar surface area (TPSA) is 25.2 Å². The van der Waals surface area contributed by atoms with E-state index in [1.54, 1.807) is 0 Å². The molecule has 0 unspecified atom stereocenters. The third kappa shape index (κ3) is 5.17. The summed E-state index contributed by atoms with van der Waals surface area (Å²) in [5.74, 6) is -0.154. The summed E-state index contributed by atoms with van der Waals surface area (Å²) in [7, 11) is 0. The third-order valence-corrected chi connectivity index (χ3v) is 5.79. The van der Waals surface area contributed by atoms with Gasteiger partial charge < -0.3 is 9.47 Å². The zero-order chi connectivity index (χ0) is 22.2. The maximum absolute atomic E-state index is 13.9. The van der Waals surface area contributed by atoms with Gasteiger partial charge in [-0.05, 0) is 35.2 Å². The molecule has 162 valence electrons. The van der Waals surface area contributed by atoms with Gasteiger partial charge in [-0.15, -0.1) is 0 Å². The van der Waals surface area contributed by atoms with Gasteiger partial charge in [0.2, 0.25) is 5.91 Å². The first-order valence-corrected chi connectivity index (χ1v) is 11.3. The van der Waals surface area contributed by atoms with Crippen LogP contribution in [-0.4, -0.2) is 21.9 Å². The molecule has 0 saturated heterocycles. The predicted octanol–water partition coefficient (Wildman–Crippen LogP) is 6.11. The molecule has 0 spiro atoms. The molecule has 0 aliphatic carbocycles. The second-order valence-electron chi connectivity index (χ2n) is 8.13. The number of carbonyl (C=O) groups excluding carboxylic acids is 1. The van der Waals surface area contributed by atoms with Crippen molar-refractivity contribution in [3.63, 3.8) is 0 Å². The van der Waals surface area contributed by atoms with Crippen molar-refractivity contribution in [3.8, 4) is 0 Å². The summed E-state index contributed by atoms with van der Waals surface area (Å²) in [6, 6.07) is 34.9. The number of hydrogen-bond acceptors (Lipinski definition) is 1. The molecule has 3 aromatic carbocycles. The van der Waals surface area contributed by atoms with Crippen molar-refractivity contribution in [2.75, 3.05) is 6.54 Å². The van der Waals surface area contributed by atoms with Gasteiger partial charge in [0, 0.05) is 25.0 Å². The van der Waals surface area contributed by atoms with E-state index in [0.717, 1.165) is 36.3 Å². The third-order valence-electron chi connectivity index (χ3n) is 5.79. The van der Waals surface area contributed by atoms with E-state index in [1.807, 2.05) is 47.4 Å². The Bertz CT molecular complexity index is 1060. The summed E-state index contributed by atoms with van der Waals surface area (Å²) in [6.45, 7) is 4.26. The SMILES string of the molecule is CCCN(Cc1cccn1Cc1ccccc1)C(=O)C(c1ccccc1)c1ccccc1. The zero-order valence-corrected chi connectivity index (χ0v) is 18.6. The number of nitrogens with zero attached hydrogens (tertiary/aromatic N) is 2. The first-order chi connectivity index (χ1) is 15.8. The first-order valence-electron chi connectivity index (χ1n) is 11.3. The van der Waals surface area contributed by atoms with Crippen molar-refractivity contribution in [1.82, 2.24) is 9.47 Å². The number of carbonyl (C=O) groups is 1. The standard InChI is InChI=1S/C29H30N2O/c1-2-20-31(23-27-19-12-21-30(27)22-24-13-6-3-7-14-24)29(32)28(25-15-8-4-9-16-25)26-17-10-5-11-18-26/h3-19,21,28H,2,20,22-23H2,1H3. The molecule has 32 heavy (non-hydrogen) atoms. The van der Waals surface area contributed by atoms with Crippen LogP contribution in [0, 0.1) is 0 Å². The van der Waals surface area contributed by atoms with Gasteiger partial charge >= 0.3 is 0 Å². The van der Waals surface area contributed by atoms with Crippen LogP contribution in [0.4, 0.5) is 0 Å². The Morgan fingerprint density at radius 3 is 1.91 bits per heavy atom. The minimum atomic E-state index is -0.304. The summed E-state index contributed by atoms with van der Waals surface area (Å²) in [4.78, 5) is 16.0. The van der Waals surface area contributed by atoms with Crippen molar-refractivity contribution in [2.24, 2.45) is 0 Å². The Morgan fingerprint density at radius 1 is 0.781 bits per heavy atom. The molecule has 1 aromatic heterocycles. The summed E-state index contributed by atoms with van der Waals surface area (Å²) in [5.41, 5.74) is 4.47. The second-order valence-corrected chi connectivity index (χ2v) is 8.13. The van der Waals surface area contributed by atoms with Crippen LogP contribution in [-0.2, 0) is 17.9 Å². The molecule has 0 saturated carbocycles. The Hall–Kier alpha value is -3.59. The van der Waals surface area contributed by atoms with Crippen molar-refractivity contribution < 1.29 is 4.79 Å². The molecule has 4 aromatic rings. The highest BCUT2D eigenvalue weighted by Crippen LogP contribution is 2.28. The zero-order valence-electron chi connectivity index (χ0n) is 18.6. The van der Waals surface area contributed by atoms with Crippen LogP contribution >= 0.6 is 0 Å². The highest BCUT2D eigenvalue weighted by Gasteiger charge is 2.27. The van der Waals surface area contributed by atoms with Crippen molar-refractivity contribution >= 4 is 5.91 Å². The Balaban J connectivity index is 1.62. The Morgan fingerprint density at radius 2 is 1.34 bits per heavy atom. The monoisotopic (exact) mass is 422 g/mol. The number of rotatable bonds is 9. The van der Waals surface area contributed by atoms with E-state index in [1.165, 1.54) is 5.56 Å². The van der Waals surface area contributed by atoms with Gasteiger partial charge in [0.25, 0.3) is 0 Å². The van der Waals surface area contributed by atoms with Gasteiger partial charge in [-0.2, -0.15) is 0 Å². The van der Waals surface area contributed by atoms with E-state index in [2.05, 4.69) is 78.4 Å². The van der Waals surface area contributed by atoms with Crippen molar-refractivity contribution in [3.05, 3.63) is 132 Å². The normalized spacial score (nSPS) is 10.9. The van der Waals surface area contributed by atoms with Crippen molar-refractivity contribution in [2.45, 2.75) is 32.4 Å². The fourth-order valence-corrected chi connectivity index (χ4v) is 4.21. The average molecular weight is 423 g/mol. The maximum Gasteiger partial charge on any atom is 0.234 e. The molecule has 0 N–H and O–H groups in total. The molecule has 1 heterocycles. The van der Waals surface area contributed by atoms with E-state index in [-0.39, 0.29) is 11.8 Å². The summed E-state index contributed by atoms with van der Waals surface area (Å²) < 4.78 is 2.24. The molecule has 0 aliphatic rings. The lowest BCUT2D eigenvalue weighted by Gasteiger charge is -2.28. The second kappa shape index (κ2) is 10.6. The van der Waals surface area contributed by atoms with Gasteiger partial charge in [-0.3, -0.25) is 4.79 Å². The van der Waals surface area contributed by atoms with Crippen LogP contribution in [0.1, 0.15) is 41.6 Å². The molecular formula is C29H30N2O. The van der Waals surface area contributed by atoms with Crippen LogP contribution in [0.5, 0.6) is 0 Å². The van der Waals surface area contributed by atoms with Gasteiger partial charge in [0.15, 0.2) is 0 Å². The van der Waals surface area contributed by atoms with Crippen LogP contribution in [0.25, 0.3) is 0 Å². The van der Waals surface area contributed by atoms with Crippen LogP contribution in [0.2, 0.25) is 0 Å². The smallest absolute Gasteiger partial charge is 0.234 e. The average Bonchev–Trinajstić information content (AvgIpc) is 3.27. The fourth-order valence-electron chi connectivity index (χ4n) is 4.21. The van der Waals surface area contributed by atoms with E-state index < -0.39 is 0 Å². The molecular weight excluding hydrogens is 392 g/mol. The largest absolute Gasteiger partial charge is 0.345 e. The van der Waals surface area contributed by atoms with E-state index in [9.17, 15) is 4.79 Å². The summed E-state index contributed by atoms with van der Waals surface area (Å²) in [5, 5.41) is 0. The Labute approximate surface area is 190 Å². The molecule has 0 fully saturated rings. The van der Waals surface area contributed by atoms with Gasteiger partial charge in [0.1, 0.15) is 0 Å². The molecule has 3 nitrogen and oxygen atoms in total. The highest BCUT2D eigenvalue weighted by molar-refractivity contribution is 5.87. The molecule has 1 amide bonds.